The summed E-state index contributed by atoms with van der Waals surface area (Å²) in [6.45, 7) is 3.71. The number of halogens is 4. The molecule has 0 spiro atoms. The van der Waals surface area contributed by atoms with Crippen molar-refractivity contribution in [2.45, 2.75) is 32.2 Å². The van der Waals surface area contributed by atoms with Crippen molar-refractivity contribution < 1.29 is 22.3 Å². The second-order valence-electron chi connectivity index (χ2n) is 4.43. The molecule has 1 rings (SSSR count). The summed E-state index contributed by atoms with van der Waals surface area (Å²) in [5, 5.41) is 2.76. The largest absolute Gasteiger partial charge is 0.419 e. The van der Waals surface area contributed by atoms with Gasteiger partial charge in [0.1, 0.15) is 5.82 Å². The topological polar surface area (TPSA) is 21.3 Å². The van der Waals surface area contributed by atoms with E-state index in [-0.39, 0.29) is 18.3 Å². The second kappa shape index (κ2) is 6.34. The summed E-state index contributed by atoms with van der Waals surface area (Å²) in [6.07, 6.45) is -4.78. The van der Waals surface area contributed by atoms with Crippen LogP contribution < -0.4 is 5.32 Å². The van der Waals surface area contributed by atoms with E-state index in [4.69, 9.17) is 4.74 Å². The lowest BCUT2D eigenvalue weighted by Gasteiger charge is -2.20. The second-order valence-corrected chi connectivity index (χ2v) is 4.43. The van der Waals surface area contributed by atoms with Gasteiger partial charge in [-0.3, -0.25) is 0 Å². The Morgan fingerprint density at radius 1 is 1.26 bits per heavy atom. The fourth-order valence-corrected chi connectivity index (χ4v) is 1.66. The van der Waals surface area contributed by atoms with Crippen LogP contribution in [0.15, 0.2) is 18.2 Å². The van der Waals surface area contributed by atoms with Gasteiger partial charge in [0.15, 0.2) is 0 Å². The van der Waals surface area contributed by atoms with E-state index < -0.39 is 23.6 Å². The molecule has 0 saturated carbocycles. The molecule has 1 aromatic carbocycles. The Balaban J connectivity index is 3.05. The zero-order chi connectivity index (χ0) is 14.6. The highest BCUT2D eigenvalue weighted by molar-refractivity contribution is 5.30. The minimum Gasteiger partial charge on any atom is -0.377 e. The molecule has 1 atom stereocenters. The maximum Gasteiger partial charge on any atom is 0.419 e. The molecule has 0 aliphatic heterocycles. The van der Waals surface area contributed by atoms with Gasteiger partial charge in [0.2, 0.25) is 0 Å². The third kappa shape index (κ3) is 4.18. The van der Waals surface area contributed by atoms with Crippen LogP contribution in [0.1, 0.15) is 31.0 Å². The van der Waals surface area contributed by atoms with E-state index in [1.165, 1.54) is 12.1 Å². The fraction of sp³-hybridized carbons (Fsp3) is 0.538. The van der Waals surface area contributed by atoms with Gasteiger partial charge in [-0.2, -0.15) is 13.2 Å². The van der Waals surface area contributed by atoms with Gasteiger partial charge < -0.3 is 10.1 Å². The number of likely N-dealkylation sites (N-methyl/N-ethyl adjacent to an activating group) is 1. The van der Waals surface area contributed by atoms with Crippen molar-refractivity contribution >= 4 is 0 Å². The summed E-state index contributed by atoms with van der Waals surface area (Å²) < 4.78 is 57.1. The number of rotatable bonds is 5. The van der Waals surface area contributed by atoms with E-state index in [9.17, 15) is 17.6 Å². The highest BCUT2D eigenvalue weighted by Gasteiger charge is 2.35. The van der Waals surface area contributed by atoms with Crippen LogP contribution in [0.3, 0.4) is 0 Å². The number of alkyl halides is 3. The number of hydrogen-bond acceptors (Lipinski definition) is 2. The minimum atomic E-state index is -4.70. The maximum absolute atomic E-state index is 13.9. The Hall–Kier alpha value is -1.14. The maximum atomic E-state index is 13.9. The van der Waals surface area contributed by atoms with Gasteiger partial charge in [0, 0.05) is 5.56 Å². The molecule has 0 bridgehead atoms. The third-order valence-electron chi connectivity index (χ3n) is 2.65. The van der Waals surface area contributed by atoms with Crippen molar-refractivity contribution in [1.82, 2.24) is 5.32 Å². The molecule has 19 heavy (non-hydrogen) atoms. The molecule has 0 fully saturated rings. The summed E-state index contributed by atoms with van der Waals surface area (Å²) in [4.78, 5) is 0. The van der Waals surface area contributed by atoms with Gasteiger partial charge >= 0.3 is 6.18 Å². The summed E-state index contributed by atoms with van der Waals surface area (Å²) >= 11 is 0. The Morgan fingerprint density at radius 2 is 1.89 bits per heavy atom. The van der Waals surface area contributed by atoms with Crippen molar-refractivity contribution in [3.8, 4) is 0 Å². The number of ether oxygens (including phenoxy) is 1. The average molecular weight is 279 g/mol. The van der Waals surface area contributed by atoms with Gasteiger partial charge in [-0.1, -0.05) is 12.1 Å². The summed E-state index contributed by atoms with van der Waals surface area (Å²) in [5.41, 5.74) is -1.30. The molecule has 0 saturated heterocycles. The third-order valence-corrected chi connectivity index (χ3v) is 2.65. The Morgan fingerprint density at radius 3 is 2.37 bits per heavy atom. The lowest BCUT2D eigenvalue weighted by Crippen LogP contribution is -2.25. The molecule has 0 heterocycles. The number of nitrogens with one attached hydrogen (secondary N) is 1. The Labute approximate surface area is 109 Å². The van der Waals surface area contributed by atoms with Crippen LogP contribution in [0.5, 0.6) is 0 Å². The van der Waals surface area contributed by atoms with Crippen molar-refractivity contribution in [2.75, 3.05) is 13.7 Å². The van der Waals surface area contributed by atoms with Crippen LogP contribution in [-0.4, -0.2) is 19.8 Å². The smallest absolute Gasteiger partial charge is 0.377 e. The highest BCUT2D eigenvalue weighted by Crippen LogP contribution is 2.33. The normalized spacial score (nSPS) is 13.9. The summed E-state index contributed by atoms with van der Waals surface area (Å²) in [5.74, 6) is -1.25. The van der Waals surface area contributed by atoms with Gasteiger partial charge in [0.05, 0.1) is 24.3 Å². The first-order valence-corrected chi connectivity index (χ1v) is 5.91. The standard InChI is InChI=1S/C13H17F4NO/c1-8(2)19-7-11(18-3)9-5-4-6-10(12(9)14)13(15,16)17/h4-6,8,11,18H,7H2,1-3H3. The number of hydrogen-bond donors (Lipinski definition) is 1. The summed E-state index contributed by atoms with van der Waals surface area (Å²) in [7, 11) is 1.55. The molecule has 2 nitrogen and oxygen atoms in total. The molecular weight excluding hydrogens is 262 g/mol. The molecule has 1 unspecified atom stereocenters. The lowest BCUT2D eigenvalue weighted by atomic mass is 10.0. The fourth-order valence-electron chi connectivity index (χ4n) is 1.66. The van der Waals surface area contributed by atoms with E-state index in [2.05, 4.69) is 5.32 Å². The molecule has 1 aromatic rings. The van der Waals surface area contributed by atoms with Crippen LogP contribution in [0.25, 0.3) is 0 Å². The monoisotopic (exact) mass is 279 g/mol. The molecule has 6 heteroatoms. The van der Waals surface area contributed by atoms with Crippen LogP contribution >= 0.6 is 0 Å². The van der Waals surface area contributed by atoms with E-state index in [0.717, 1.165) is 6.07 Å². The van der Waals surface area contributed by atoms with E-state index in [1.807, 2.05) is 0 Å². The molecule has 108 valence electrons. The van der Waals surface area contributed by atoms with Crippen molar-refractivity contribution in [3.63, 3.8) is 0 Å². The van der Waals surface area contributed by atoms with Crippen LogP contribution in [0.2, 0.25) is 0 Å². The van der Waals surface area contributed by atoms with Gasteiger partial charge in [0.25, 0.3) is 0 Å². The molecule has 0 aliphatic carbocycles. The Bertz CT molecular complexity index is 418. The quantitative estimate of drug-likeness (QED) is 0.833. The highest BCUT2D eigenvalue weighted by atomic mass is 19.4. The average Bonchev–Trinajstić information content (AvgIpc) is 2.29. The molecule has 0 radical (unpaired) electrons. The first-order valence-electron chi connectivity index (χ1n) is 5.91. The molecule has 0 amide bonds. The lowest BCUT2D eigenvalue weighted by molar-refractivity contribution is -0.140. The SMILES string of the molecule is CNC(COC(C)C)c1cccc(C(F)(F)F)c1F. The predicted molar refractivity (Wildman–Crippen MR) is 64.3 cm³/mol. The molecule has 0 aliphatic rings. The molecule has 0 aromatic heterocycles. The van der Waals surface area contributed by atoms with E-state index in [0.29, 0.717) is 0 Å². The number of benzene rings is 1. The molecule has 1 N–H and O–H groups in total. The van der Waals surface area contributed by atoms with Crippen molar-refractivity contribution in [1.29, 1.82) is 0 Å². The van der Waals surface area contributed by atoms with Crippen LogP contribution in [0, 0.1) is 5.82 Å². The van der Waals surface area contributed by atoms with E-state index in [1.54, 1.807) is 20.9 Å². The van der Waals surface area contributed by atoms with Crippen LogP contribution in [0.4, 0.5) is 17.6 Å². The molecular formula is C13H17F4NO. The first kappa shape index (κ1) is 15.9. The first-order chi connectivity index (χ1) is 8.77. The van der Waals surface area contributed by atoms with Crippen molar-refractivity contribution in [2.24, 2.45) is 0 Å². The Kier molecular flexibility index (Phi) is 5.31. The van der Waals surface area contributed by atoms with E-state index >= 15 is 0 Å². The predicted octanol–water partition coefficient (Wildman–Crippen LogP) is 3.53. The van der Waals surface area contributed by atoms with Gasteiger partial charge in [-0.25, -0.2) is 4.39 Å². The summed E-state index contributed by atoms with van der Waals surface area (Å²) in [6, 6.07) is 2.63. The minimum absolute atomic E-state index is 0.0435. The van der Waals surface area contributed by atoms with Crippen LogP contribution in [-0.2, 0) is 10.9 Å². The van der Waals surface area contributed by atoms with Gasteiger partial charge in [-0.05, 0) is 27.0 Å². The zero-order valence-electron chi connectivity index (χ0n) is 11.0. The van der Waals surface area contributed by atoms with Gasteiger partial charge in [-0.15, -0.1) is 0 Å². The van der Waals surface area contributed by atoms with Crippen molar-refractivity contribution in [3.05, 3.63) is 35.1 Å². The zero-order valence-corrected chi connectivity index (χ0v) is 11.0.